The summed E-state index contributed by atoms with van der Waals surface area (Å²) in [5.41, 5.74) is 2.36. The molecule has 4 aromatic carbocycles. The third kappa shape index (κ3) is 7.32. The first-order valence-corrected chi connectivity index (χ1v) is 15.4. The molecule has 0 spiro atoms. The minimum atomic E-state index is -1.62. The van der Waals surface area contributed by atoms with Gasteiger partial charge in [-0.1, -0.05) is 72.4 Å². The van der Waals surface area contributed by atoms with Crippen LogP contribution in [0, 0.1) is 0 Å². The van der Waals surface area contributed by atoms with Crippen LogP contribution in [-0.2, 0) is 31.9 Å². The van der Waals surface area contributed by atoms with Crippen LogP contribution in [0.25, 0.3) is 0 Å². The van der Waals surface area contributed by atoms with Gasteiger partial charge in [0.25, 0.3) is 10.8 Å². The number of esters is 2. The number of likely N-dealkylation sites (tertiary alicyclic amines) is 1. The van der Waals surface area contributed by atoms with Gasteiger partial charge in [-0.15, -0.1) is 0 Å². The van der Waals surface area contributed by atoms with Crippen LogP contribution < -0.4 is 9.47 Å². The Morgan fingerprint density at radius 2 is 1.29 bits per heavy atom. The van der Waals surface area contributed by atoms with E-state index in [-0.39, 0.29) is 18.6 Å². The zero-order chi connectivity index (χ0) is 31.8. The molecule has 0 aliphatic carbocycles. The Morgan fingerprint density at radius 3 is 1.78 bits per heavy atom. The zero-order valence-corrected chi connectivity index (χ0v) is 26.2. The number of rotatable bonds is 13. The Labute approximate surface area is 267 Å². The van der Waals surface area contributed by atoms with Crippen molar-refractivity contribution < 1.29 is 33.3 Å². The van der Waals surface area contributed by atoms with E-state index in [2.05, 4.69) is 0 Å². The number of benzene rings is 4. The quantitative estimate of drug-likeness (QED) is 0.102. The molecule has 1 heterocycles. The first-order chi connectivity index (χ1) is 21.8. The van der Waals surface area contributed by atoms with Gasteiger partial charge in [0.1, 0.15) is 24.1 Å². The Hall–Kier alpha value is -4.76. The summed E-state index contributed by atoms with van der Waals surface area (Å²) in [5, 5.41) is 0. The third-order valence-corrected chi connectivity index (χ3v) is 8.99. The van der Waals surface area contributed by atoms with E-state index >= 15 is 0 Å². The fraction of sp³-hybridized carbons (Fsp3) is 0.250. The fourth-order valence-corrected chi connectivity index (χ4v) is 6.77. The first kappa shape index (κ1) is 31.7. The van der Waals surface area contributed by atoms with Gasteiger partial charge in [-0.25, -0.2) is 4.79 Å². The van der Waals surface area contributed by atoms with Crippen LogP contribution in [-0.4, -0.2) is 60.6 Å². The highest BCUT2D eigenvalue weighted by Gasteiger charge is 2.66. The van der Waals surface area contributed by atoms with Gasteiger partial charge in [0.05, 0.1) is 19.8 Å². The highest BCUT2D eigenvalue weighted by atomic mass is 32.2. The van der Waals surface area contributed by atoms with E-state index in [1.54, 1.807) is 43.4 Å². The van der Waals surface area contributed by atoms with Crippen LogP contribution in [0.2, 0.25) is 0 Å². The van der Waals surface area contributed by atoms with Gasteiger partial charge in [0, 0.05) is 17.9 Å². The number of thioether (sulfide) groups is 1. The molecule has 45 heavy (non-hydrogen) atoms. The standard InChI is InChI=1S/C36H35NO7S/c1-25(38)44-36(45-32-12-8-5-9-13-32)33(24-43-34(39)28-10-6-4-7-11-28)37(35(36)40)29(22-26-14-18-30(41-2)19-15-26)23-27-16-20-31(42-3)21-17-27/h4-21,29,33H,22-24H2,1-3H3. The SMILES string of the molecule is COc1ccc(CC(Cc2ccc(OC)cc2)N2C(=O)C(OC(C)=O)(Sc3ccccc3)C2COC(=O)c2ccccc2)cc1. The van der Waals surface area contributed by atoms with Crippen LogP contribution in [0.3, 0.4) is 0 Å². The molecular formula is C36H35NO7S. The van der Waals surface area contributed by atoms with Crippen molar-refractivity contribution in [2.24, 2.45) is 0 Å². The Kier molecular flexibility index (Phi) is 10.1. The number of ether oxygens (including phenoxy) is 4. The second-order valence-electron chi connectivity index (χ2n) is 10.6. The van der Waals surface area contributed by atoms with Crippen LogP contribution in [0.5, 0.6) is 11.5 Å². The van der Waals surface area contributed by atoms with Gasteiger partial charge < -0.3 is 23.8 Å². The van der Waals surface area contributed by atoms with E-state index < -0.39 is 22.9 Å². The van der Waals surface area contributed by atoms with Crippen molar-refractivity contribution in [2.45, 2.75) is 41.7 Å². The lowest BCUT2D eigenvalue weighted by molar-refractivity contribution is -0.196. The highest BCUT2D eigenvalue weighted by Crippen LogP contribution is 2.49. The molecule has 0 N–H and O–H groups in total. The van der Waals surface area contributed by atoms with Crippen LogP contribution in [0.15, 0.2) is 114 Å². The molecule has 0 aromatic heterocycles. The van der Waals surface area contributed by atoms with Crippen LogP contribution >= 0.6 is 11.8 Å². The van der Waals surface area contributed by atoms with Gasteiger partial charge in [-0.2, -0.15) is 0 Å². The molecule has 1 fully saturated rings. The summed E-state index contributed by atoms with van der Waals surface area (Å²) in [7, 11) is 3.22. The second-order valence-corrected chi connectivity index (χ2v) is 11.9. The predicted molar refractivity (Wildman–Crippen MR) is 171 cm³/mol. The van der Waals surface area contributed by atoms with Gasteiger partial charge in [0.2, 0.25) is 0 Å². The molecule has 1 aliphatic heterocycles. The molecule has 1 saturated heterocycles. The van der Waals surface area contributed by atoms with Gasteiger partial charge in [-0.3, -0.25) is 9.59 Å². The average Bonchev–Trinajstić information content (AvgIpc) is 3.07. The van der Waals surface area contributed by atoms with E-state index in [0.717, 1.165) is 39.3 Å². The molecule has 0 radical (unpaired) electrons. The molecule has 2 unspecified atom stereocenters. The maximum absolute atomic E-state index is 14.4. The van der Waals surface area contributed by atoms with Gasteiger partial charge >= 0.3 is 11.9 Å². The van der Waals surface area contributed by atoms with E-state index in [9.17, 15) is 14.4 Å². The number of hydrogen-bond donors (Lipinski definition) is 0. The number of methoxy groups -OCH3 is 2. The lowest BCUT2D eigenvalue weighted by atomic mass is 9.88. The Morgan fingerprint density at radius 1 is 0.778 bits per heavy atom. The molecule has 5 rings (SSSR count). The van der Waals surface area contributed by atoms with Crippen molar-refractivity contribution in [1.29, 1.82) is 0 Å². The van der Waals surface area contributed by atoms with E-state index in [0.29, 0.717) is 18.4 Å². The van der Waals surface area contributed by atoms with E-state index in [1.165, 1.54) is 6.92 Å². The summed E-state index contributed by atoms with van der Waals surface area (Å²) in [5.74, 6) is -0.0427. The normalized spacial score (nSPS) is 17.4. The Bertz CT molecular complexity index is 1550. The number of nitrogens with zero attached hydrogens (tertiary/aromatic N) is 1. The van der Waals surface area contributed by atoms with Crippen molar-refractivity contribution in [1.82, 2.24) is 4.90 Å². The molecule has 2 atom stereocenters. The molecule has 9 heteroatoms. The zero-order valence-electron chi connectivity index (χ0n) is 25.4. The first-order valence-electron chi connectivity index (χ1n) is 14.6. The largest absolute Gasteiger partial charge is 0.497 e. The predicted octanol–water partition coefficient (Wildman–Crippen LogP) is 5.98. The molecular weight excluding hydrogens is 590 g/mol. The van der Waals surface area contributed by atoms with Crippen molar-refractivity contribution in [2.75, 3.05) is 20.8 Å². The van der Waals surface area contributed by atoms with Crippen LogP contribution in [0.1, 0.15) is 28.4 Å². The summed E-state index contributed by atoms with van der Waals surface area (Å²) >= 11 is 1.15. The lowest BCUT2D eigenvalue weighted by Crippen LogP contribution is -2.77. The van der Waals surface area contributed by atoms with Crippen molar-refractivity contribution in [3.05, 3.63) is 126 Å². The highest BCUT2D eigenvalue weighted by molar-refractivity contribution is 8.01. The lowest BCUT2D eigenvalue weighted by Gasteiger charge is -2.56. The summed E-state index contributed by atoms with van der Waals surface area (Å²) in [6, 6.07) is 32.2. The molecule has 4 aromatic rings. The molecule has 0 saturated carbocycles. The average molecular weight is 626 g/mol. The van der Waals surface area contributed by atoms with Crippen molar-refractivity contribution >= 4 is 29.6 Å². The number of carbonyl (C=O) groups is 3. The van der Waals surface area contributed by atoms with Crippen molar-refractivity contribution in [3.8, 4) is 11.5 Å². The molecule has 8 nitrogen and oxygen atoms in total. The van der Waals surface area contributed by atoms with Gasteiger partial charge in [0.15, 0.2) is 0 Å². The summed E-state index contributed by atoms with van der Waals surface area (Å²) < 4.78 is 22.4. The number of carbonyl (C=O) groups excluding carboxylic acids is 3. The summed E-state index contributed by atoms with van der Waals surface area (Å²) in [6.45, 7) is 1.11. The third-order valence-electron chi connectivity index (χ3n) is 7.65. The smallest absolute Gasteiger partial charge is 0.338 e. The van der Waals surface area contributed by atoms with E-state index in [1.807, 2.05) is 84.9 Å². The molecule has 232 valence electrons. The maximum atomic E-state index is 14.4. The summed E-state index contributed by atoms with van der Waals surface area (Å²) in [6.07, 6.45) is 0.994. The monoisotopic (exact) mass is 625 g/mol. The van der Waals surface area contributed by atoms with Crippen LogP contribution in [0.4, 0.5) is 0 Å². The second kappa shape index (κ2) is 14.3. The van der Waals surface area contributed by atoms with E-state index in [4.69, 9.17) is 18.9 Å². The molecule has 1 amide bonds. The molecule has 1 aliphatic rings. The van der Waals surface area contributed by atoms with Crippen molar-refractivity contribution in [3.63, 3.8) is 0 Å². The minimum Gasteiger partial charge on any atom is -0.497 e. The fourth-order valence-electron chi connectivity index (χ4n) is 5.46. The maximum Gasteiger partial charge on any atom is 0.338 e. The number of amides is 1. The minimum absolute atomic E-state index is 0.172. The Balaban J connectivity index is 1.52. The topological polar surface area (TPSA) is 91.4 Å². The van der Waals surface area contributed by atoms with Gasteiger partial charge in [-0.05, 0) is 72.5 Å². The summed E-state index contributed by atoms with van der Waals surface area (Å²) in [4.78, 5) is 40.9. The number of hydrogen-bond acceptors (Lipinski definition) is 8. The molecule has 0 bridgehead atoms. The number of β-lactam (4-membered cyclic amide) rings is 1.